The van der Waals surface area contributed by atoms with E-state index >= 15 is 0 Å². The van der Waals surface area contributed by atoms with Crippen LogP contribution in [-0.4, -0.2) is 123 Å². The number of benzene rings is 2. The summed E-state index contributed by atoms with van der Waals surface area (Å²) in [6, 6.07) is 4.09. The van der Waals surface area contributed by atoms with Crippen LogP contribution in [0.15, 0.2) is 18.2 Å². The third-order valence-corrected chi connectivity index (χ3v) is 9.40. The van der Waals surface area contributed by atoms with E-state index in [0.29, 0.717) is 26.3 Å². The maximum Gasteiger partial charge on any atom is 0.202 e. The molecule has 0 saturated carbocycles. The van der Waals surface area contributed by atoms with Crippen molar-refractivity contribution in [3.8, 4) is 17.2 Å². The fraction of sp³-hybridized carbons (Fsp3) is 0.548. The molecule has 2 heterocycles. The average Bonchev–Trinajstić information content (AvgIpc) is 3.02. The molecule has 2 aromatic carbocycles. The summed E-state index contributed by atoms with van der Waals surface area (Å²) in [6.07, 6.45) is -5.99. The quantitative estimate of drug-likeness (QED) is 0.206. The second-order valence-corrected chi connectivity index (χ2v) is 11.9. The number of rotatable bonds is 6. The number of fused-ring (bicyclic) bond motifs is 3. The molecule has 0 unspecified atom stereocenters. The zero-order chi connectivity index (χ0) is 31.5. The summed E-state index contributed by atoms with van der Waals surface area (Å²) in [5.74, 6) is -2.60. The summed E-state index contributed by atoms with van der Waals surface area (Å²) in [6.45, 7) is 3.08. The summed E-state index contributed by atoms with van der Waals surface area (Å²) < 4.78 is 23.1. The largest absolute Gasteiger partial charge is 0.507 e. The van der Waals surface area contributed by atoms with Gasteiger partial charge in [0.05, 0.1) is 67.5 Å². The van der Waals surface area contributed by atoms with Crippen molar-refractivity contribution in [1.82, 2.24) is 4.90 Å². The minimum atomic E-state index is -2.04. The van der Waals surface area contributed by atoms with Crippen LogP contribution in [0.1, 0.15) is 68.8 Å². The minimum absolute atomic E-state index is 0.0249. The fourth-order valence-electron chi connectivity index (χ4n) is 7.06. The monoisotopic (exact) mass is 615 g/mol. The molecule has 0 amide bonds. The van der Waals surface area contributed by atoms with Gasteiger partial charge in [0, 0.05) is 55.1 Å². The van der Waals surface area contributed by atoms with E-state index in [1.54, 1.807) is 6.92 Å². The molecule has 0 spiro atoms. The number of carbonyl (C=O) groups excluding carboxylic acids is 2. The first-order chi connectivity index (χ1) is 21.0. The molecule has 0 bridgehead atoms. The van der Waals surface area contributed by atoms with Crippen LogP contribution in [0.25, 0.3) is 0 Å². The Hall–Kier alpha value is -3.14. The molecule has 4 aliphatic rings. The Morgan fingerprint density at radius 1 is 1.09 bits per heavy atom. The summed E-state index contributed by atoms with van der Waals surface area (Å²) in [5, 5.41) is 66.1. The van der Waals surface area contributed by atoms with Gasteiger partial charge in [0.25, 0.3) is 0 Å². The van der Waals surface area contributed by atoms with Gasteiger partial charge >= 0.3 is 0 Å². The molecule has 2 aliphatic heterocycles. The molecule has 7 atom stereocenters. The number of aliphatic hydroxyl groups is 4. The molecular formula is C31H37NO12. The number of ether oxygens (including phenoxy) is 4. The van der Waals surface area contributed by atoms with Crippen LogP contribution in [0.2, 0.25) is 0 Å². The second kappa shape index (κ2) is 11.7. The highest BCUT2D eigenvalue weighted by molar-refractivity contribution is 6.31. The molecule has 13 nitrogen and oxygen atoms in total. The van der Waals surface area contributed by atoms with Gasteiger partial charge < -0.3 is 49.6 Å². The minimum Gasteiger partial charge on any atom is -0.507 e. The van der Waals surface area contributed by atoms with E-state index in [9.17, 15) is 40.2 Å². The van der Waals surface area contributed by atoms with Gasteiger partial charge in [-0.2, -0.15) is 0 Å². The van der Waals surface area contributed by atoms with E-state index in [-0.39, 0.29) is 46.9 Å². The Kier molecular flexibility index (Phi) is 8.18. The van der Waals surface area contributed by atoms with Gasteiger partial charge in [-0.25, -0.2) is 0 Å². The zero-order valence-corrected chi connectivity index (χ0v) is 24.4. The number of hydrogen-bond acceptors (Lipinski definition) is 13. The number of methoxy groups -OCH3 is 1. The molecular weight excluding hydrogens is 578 g/mol. The lowest BCUT2D eigenvalue weighted by Crippen LogP contribution is -2.58. The van der Waals surface area contributed by atoms with Crippen LogP contribution in [0.3, 0.4) is 0 Å². The van der Waals surface area contributed by atoms with Gasteiger partial charge in [0.15, 0.2) is 12.1 Å². The van der Waals surface area contributed by atoms with Gasteiger partial charge in [-0.1, -0.05) is 12.1 Å². The number of aliphatic hydroxyl groups excluding tert-OH is 3. The Balaban J connectivity index is 1.44. The molecule has 0 radical (unpaired) electrons. The average molecular weight is 616 g/mol. The first kappa shape index (κ1) is 30.9. The molecule has 2 fully saturated rings. The number of phenols is 2. The number of ketones is 2. The number of nitrogens with zero attached hydrogens (tertiary/aromatic N) is 1. The maximum absolute atomic E-state index is 13.8. The third-order valence-electron chi connectivity index (χ3n) is 9.40. The SMILES string of the molecule is COc1cccc2c1C(=O)c1c(O)c3c(c(O)c1C2=O)C[C@@](O)([C@H](O)CO)C[C@H]3O[C@H]1C[C@@H](N2CCOCC2)[C@@H](O)[C@@H](C)O1. The maximum atomic E-state index is 13.8. The van der Waals surface area contributed by atoms with E-state index in [4.69, 9.17) is 18.9 Å². The van der Waals surface area contributed by atoms with Crippen LogP contribution in [0, 0.1) is 0 Å². The van der Waals surface area contributed by atoms with Crippen molar-refractivity contribution in [3.63, 3.8) is 0 Å². The summed E-state index contributed by atoms with van der Waals surface area (Å²) in [4.78, 5) is 29.6. The molecule has 2 aliphatic carbocycles. The second-order valence-electron chi connectivity index (χ2n) is 11.9. The van der Waals surface area contributed by atoms with Crippen molar-refractivity contribution in [1.29, 1.82) is 0 Å². The molecule has 6 N–H and O–H groups in total. The number of hydrogen-bond donors (Lipinski definition) is 6. The molecule has 13 heteroatoms. The van der Waals surface area contributed by atoms with E-state index in [1.807, 2.05) is 0 Å². The standard InChI is InChI=1S/C31H37NO12/c1-14-26(35)17(32-6-8-42-9-7-32)10-21(43-14)44-19-12-31(40,20(34)13-33)11-16-23(19)30(39)25-24(28(16)37)27(36)15-4-3-5-18(41-2)22(15)29(25)38/h3-5,14,17,19-21,26,33-35,37,39-40H,6-13H2,1-2H3/t14-,17-,19-,20-,21+,26+,31+/m1/s1. The number of phenolic OH excluding ortho intramolecular Hbond substituents is 2. The van der Waals surface area contributed by atoms with Crippen molar-refractivity contribution >= 4 is 11.6 Å². The Bertz CT molecular complexity index is 1470. The normalized spacial score (nSPS) is 31.2. The zero-order valence-electron chi connectivity index (χ0n) is 24.4. The van der Waals surface area contributed by atoms with E-state index in [2.05, 4.69) is 4.90 Å². The lowest BCUT2D eigenvalue weighted by Gasteiger charge is -2.46. The summed E-state index contributed by atoms with van der Waals surface area (Å²) in [5.41, 5.74) is -3.14. The third kappa shape index (κ3) is 4.88. The smallest absolute Gasteiger partial charge is 0.202 e. The van der Waals surface area contributed by atoms with Crippen LogP contribution >= 0.6 is 0 Å². The Morgan fingerprint density at radius 2 is 1.80 bits per heavy atom. The molecule has 44 heavy (non-hydrogen) atoms. The topological polar surface area (TPSA) is 196 Å². The number of morpholine rings is 1. The van der Waals surface area contributed by atoms with Crippen LogP contribution < -0.4 is 4.74 Å². The predicted molar refractivity (Wildman–Crippen MR) is 151 cm³/mol. The highest BCUT2D eigenvalue weighted by atomic mass is 16.7. The molecule has 2 aromatic rings. The van der Waals surface area contributed by atoms with Gasteiger partial charge in [-0.05, 0) is 13.0 Å². The van der Waals surface area contributed by atoms with E-state index in [1.165, 1.54) is 25.3 Å². The fourth-order valence-corrected chi connectivity index (χ4v) is 7.06. The van der Waals surface area contributed by atoms with Crippen molar-refractivity contribution in [3.05, 3.63) is 51.6 Å². The van der Waals surface area contributed by atoms with E-state index in [0.717, 1.165) is 0 Å². The van der Waals surface area contributed by atoms with Crippen molar-refractivity contribution in [2.75, 3.05) is 40.0 Å². The van der Waals surface area contributed by atoms with Crippen molar-refractivity contribution in [2.24, 2.45) is 0 Å². The molecule has 6 rings (SSSR count). The van der Waals surface area contributed by atoms with Gasteiger partial charge in [0.2, 0.25) is 5.78 Å². The van der Waals surface area contributed by atoms with Crippen LogP contribution in [0.5, 0.6) is 17.2 Å². The Morgan fingerprint density at radius 3 is 2.48 bits per heavy atom. The first-order valence-electron chi connectivity index (χ1n) is 14.7. The summed E-state index contributed by atoms with van der Waals surface area (Å²) in [7, 11) is 1.34. The first-order valence-corrected chi connectivity index (χ1v) is 14.7. The highest BCUT2D eigenvalue weighted by Gasteiger charge is 2.50. The lowest BCUT2D eigenvalue weighted by molar-refractivity contribution is -0.263. The van der Waals surface area contributed by atoms with E-state index < -0.39 is 83.5 Å². The van der Waals surface area contributed by atoms with Gasteiger partial charge in [-0.15, -0.1) is 0 Å². The molecule has 0 aromatic heterocycles. The summed E-state index contributed by atoms with van der Waals surface area (Å²) >= 11 is 0. The van der Waals surface area contributed by atoms with Crippen LogP contribution in [0.4, 0.5) is 0 Å². The van der Waals surface area contributed by atoms with Gasteiger partial charge in [0.1, 0.15) is 23.4 Å². The molecule has 2 saturated heterocycles. The van der Waals surface area contributed by atoms with Gasteiger partial charge in [-0.3, -0.25) is 14.5 Å². The Labute approximate surface area is 253 Å². The number of carbonyl (C=O) groups is 2. The predicted octanol–water partition coefficient (Wildman–Crippen LogP) is 0.167. The molecule has 238 valence electrons. The number of aromatic hydroxyl groups is 2. The lowest BCUT2D eigenvalue weighted by atomic mass is 9.71. The van der Waals surface area contributed by atoms with Crippen molar-refractivity contribution < 1.29 is 59.2 Å². The van der Waals surface area contributed by atoms with Crippen LogP contribution in [-0.2, 0) is 20.6 Å². The highest BCUT2D eigenvalue weighted by Crippen LogP contribution is 2.53. The van der Waals surface area contributed by atoms with Crippen molar-refractivity contribution in [2.45, 2.75) is 68.5 Å².